The summed E-state index contributed by atoms with van der Waals surface area (Å²) in [6.07, 6.45) is 7.00. The topological polar surface area (TPSA) is 51.6 Å². The molecule has 1 fully saturated rings. The van der Waals surface area contributed by atoms with Crippen molar-refractivity contribution in [3.63, 3.8) is 0 Å². The van der Waals surface area contributed by atoms with Crippen LogP contribution in [0.25, 0.3) is 21.7 Å². The van der Waals surface area contributed by atoms with Crippen LogP contribution < -0.4 is 9.47 Å². The fraction of sp³-hybridized carbons (Fsp3) is 0.458. The molecule has 4 heteroatoms. The van der Waals surface area contributed by atoms with Gasteiger partial charge in [-0.1, -0.05) is 13.3 Å². The van der Waals surface area contributed by atoms with Gasteiger partial charge in [0, 0.05) is 17.1 Å². The molecule has 2 aliphatic rings. The highest BCUT2D eigenvalue weighted by molar-refractivity contribution is 6.11. The number of aryl methyl sites for hydroxylation is 1. The summed E-state index contributed by atoms with van der Waals surface area (Å²) in [7, 11) is 3.35. The summed E-state index contributed by atoms with van der Waals surface area (Å²) in [6, 6.07) is 6.39. The summed E-state index contributed by atoms with van der Waals surface area (Å²) in [5.41, 5.74) is 4.44. The molecular formula is C24H27NO3. The predicted octanol–water partition coefficient (Wildman–Crippen LogP) is 4.97. The average molecular weight is 377 g/mol. The number of nitrogens with zero attached hydrogens (tertiary/aromatic N) is 1. The van der Waals surface area contributed by atoms with E-state index in [4.69, 9.17) is 14.5 Å². The Kier molecular flexibility index (Phi) is 4.20. The summed E-state index contributed by atoms with van der Waals surface area (Å²) >= 11 is 0. The Labute approximate surface area is 165 Å². The second-order valence-corrected chi connectivity index (χ2v) is 8.24. The fourth-order valence-corrected chi connectivity index (χ4v) is 5.51. The molecule has 2 aromatic carbocycles. The van der Waals surface area contributed by atoms with E-state index in [9.17, 15) is 5.11 Å². The van der Waals surface area contributed by atoms with Gasteiger partial charge < -0.3 is 14.6 Å². The van der Waals surface area contributed by atoms with Gasteiger partial charge in [-0.15, -0.1) is 0 Å². The van der Waals surface area contributed by atoms with Crippen molar-refractivity contribution in [1.29, 1.82) is 0 Å². The SMILES string of the molecule is CCc1cnc2c3c(c4cc(OC)c(OC)cc4c2c1)CC1CCC[C@@H]1[C@@H]3O. The third kappa shape index (κ3) is 2.44. The molecule has 1 unspecified atom stereocenters. The van der Waals surface area contributed by atoms with E-state index in [2.05, 4.69) is 25.1 Å². The lowest BCUT2D eigenvalue weighted by Crippen LogP contribution is -2.26. The van der Waals surface area contributed by atoms with Gasteiger partial charge in [-0.05, 0) is 77.6 Å². The van der Waals surface area contributed by atoms with E-state index in [0.29, 0.717) is 11.8 Å². The lowest BCUT2D eigenvalue weighted by atomic mass is 9.73. The van der Waals surface area contributed by atoms with Crippen LogP contribution >= 0.6 is 0 Å². The van der Waals surface area contributed by atoms with Gasteiger partial charge in [0.1, 0.15) is 0 Å². The number of rotatable bonds is 3. The maximum Gasteiger partial charge on any atom is 0.161 e. The van der Waals surface area contributed by atoms with Crippen LogP contribution in [0.5, 0.6) is 11.5 Å². The van der Waals surface area contributed by atoms with E-state index in [0.717, 1.165) is 52.6 Å². The van der Waals surface area contributed by atoms with Crippen LogP contribution in [0.3, 0.4) is 0 Å². The number of hydrogen-bond acceptors (Lipinski definition) is 4. The summed E-state index contributed by atoms with van der Waals surface area (Å²) in [5, 5.41) is 14.8. The Balaban J connectivity index is 1.91. The summed E-state index contributed by atoms with van der Waals surface area (Å²) in [5.74, 6) is 2.39. The molecule has 0 spiro atoms. The van der Waals surface area contributed by atoms with Gasteiger partial charge >= 0.3 is 0 Å². The molecule has 3 atom stereocenters. The van der Waals surface area contributed by atoms with Gasteiger partial charge in [-0.25, -0.2) is 0 Å². The van der Waals surface area contributed by atoms with E-state index in [1.807, 2.05) is 6.20 Å². The molecule has 0 radical (unpaired) electrons. The van der Waals surface area contributed by atoms with Crippen molar-refractivity contribution in [2.75, 3.05) is 14.2 Å². The van der Waals surface area contributed by atoms with Gasteiger partial charge in [-0.3, -0.25) is 4.98 Å². The minimum absolute atomic E-state index is 0.362. The minimum Gasteiger partial charge on any atom is -0.493 e. The molecule has 146 valence electrons. The van der Waals surface area contributed by atoms with Crippen LogP contribution in [0.1, 0.15) is 49.0 Å². The first-order valence-corrected chi connectivity index (χ1v) is 10.3. The number of hydrogen-bond donors (Lipinski definition) is 1. The summed E-state index contributed by atoms with van der Waals surface area (Å²) in [4.78, 5) is 4.85. The molecular weight excluding hydrogens is 350 g/mol. The molecule has 0 amide bonds. The summed E-state index contributed by atoms with van der Waals surface area (Å²) in [6.45, 7) is 2.14. The van der Waals surface area contributed by atoms with Crippen molar-refractivity contribution in [3.05, 3.63) is 41.1 Å². The molecule has 1 N–H and O–H groups in total. The minimum atomic E-state index is -0.434. The van der Waals surface area contributed by atoms with Crippen molar-refractivity contribution in [2.24, 2.45) is 11.8 Å². The maximum atomic E-state index is 11.3. The monoisotopic (exact) mass is 377 g/mol. The number of fused-ring (bicyclic) bond motifs is 7. The predicted molar refractivity (Wildman–Crippen MR) is 111 cm³/mol. The Hall–Kier alpha value is -2.33. The number of benzene rings is 2. The second kappa shape index (κ2) is 6.63. The number of aromatic nitrogens is 1. The molecule has 1 aromatic heterocycles. The number of aliphatic hydroxyl groups excluding tert-OH is 1. The number of methoxy groups -OCH3 is 2. The Morgan fingerprint density at radius 2 is 1.79 bits per heavy atom. The largest absolute Gasteiger partial charge is 0.493 e. The van der Waals surface area contributed by atoms with E-state index in [-0.39, 0.29) is 0 Å². The molecule has 3 aromatic rings. The quantitative estimate of drug-likeness (QED) is 0.655. The van der Waals surface area contributed by atoms with E-state index >= 15 is 0 Å². The highest BCUT2D eigenvalue weighted by Gasteiger charge is 2.40. The molecule has 28 heavy (non-hydrogen) atoms. The molecule has 4 nitrogen and oxygen atoms in total. The van der Waals surface area contributed by atoms with Crippen molar-refractivity contribution < 1.29 is 14.6 Å². The Morgan fingerprint density at radius 1 is 1.04 bits per heavy atom. The van der Waals surface area contributed by atoms with E-state index in [1.54, 1.807) is 14.2 Å². The van der Waals surface area contributed by atoms with E-state index < -0.39 is 6.10 Å². The van der Waals surface area contributed by atoms with Crippen molar-refractivity contribution in [2.45, 2.75) is 45.1 Å². The first-order chi connectivity index (χ1) is 13.7. The first kappa shape index (κ1) is 17.7. The highest BCUT2D eigenvalue weighted by atomic mass is 16.5. The van der Waals surface area contributed by atoms with Crippen molar-refractivity contribution >= 4 is 21.7 Å². The first-order valence-electron chi connectivity index (χ1n) is 10.3. The number of aliphatic hydroxyl groups is 1. The normalized spacial score (nSPS) is 23.6. The standard InChI is InChI=1S/C24H27NO3/c1-4-13-8-19-17-11-21(28-3)20(27-2)10-16(17)18-9-14-6-5-7-15(14)24(26)22(18)23(19)25-12-13/h8,10-12,14-15,24,26H,4-7,9H2,1-3H3/t14?,15-,24-/m0/s1. The van der Waals surface area contributed by atoms with Gasteiger partial charge in [0.15, 0.2) is 11.5 Å². The molecule has 2 aliphatic carbocycles. The van der Waals surface area contributed by atoms with Crippen LogP contribution in [0.4, 0.5) is 0 Å². The van der Waals surface area contributed by atoms with Crippen LogP contribution in [0.2, 0.25) is 0 Å². The van der Waals surface area contributed by atoms with Crippen molar-refractivity contribution in [1.82, 2.24) is 4.98 Å². The summed E-state index contributed by atoms with van der Waals surface area (Å²) < 4.78 is 11.2. The third-order valence-corrected chi connectivity index (χ3v) is 6.96. The van der Waals surface area contributed by atoms with E-state index in [1.165, 1.54) is 29.4 Å². The van der Waals surface area contributed by atoms with Gasteiger partial charge in [0.05, 0.1) is 25.8 Å². The highest BCUT2D eigenvalue weighted by Crippen LogP contribution is 2.51. The Bertz CT molecular complexity index is 1070. The average Bonchev–Trinajstić information content (AvgIpc) is 3.21. The van der Waals surface area contributed by atoms with Crippen LogP contribution in [0.15, 0.2) is 24.4 Å². The molecule has 1 heterocycles. The number of pyridine rings is 1. The maximum absolute atomic E-state index is 11.3. The van der Waals surface area contributed by atoms with Crippen molar-refractivity contribution in [3.8, 4) is 11.5 Å². The van der Waals surface area contributed by atoms with Crippen LogP contribution in [-0.2, 0) is 12.8 Å². The molecule has 0 bridgehead atoms. The van der Waals surface area contributed by atoms with Crippen LogP contribution in [-0.4, -0.2) is 24.3 Å². The van der Waals surface area contributed by atoms with Crippen LogP contribution in [0, 0.1) is 11.8 Å². The zero-order chi connectivity index (χ0) is 19.4. The van der Waals surface area contributed by atoms with Gasteiger partial charge in [0.2, 0.25) is 0 Å². The zero-order valence-electron chi connectivity index (χ0n) is 16.8. The Morgan fingerprint density at radius 3 is 2.50 bits per heavy atom. The zero-order valence-corrected chi connectivity index (χ0v) is 16.8. The molecule has 0 aliphatic heterocycles. The number of ether oxygens (including phenoxy) is 2. The second-order valence-electron chi connectivity index (χ2n) is 8.24. The van der Waals surface area contributed by atoms with Gasteiger partial charge in [-0.2, -0.15) is 0 Å². The molecule has 1 saturated carbocycles. The van der Waals surface area contributed by atoms with Gasteiger partial charge in [0.25, 0.3) is 0 Å². The molecule has 5 rings (SSSR count). The third-order valence-electron chi connectivity index (χ3n) is 6.96. The smallest absolute Gasteiger partial charge is 0.161 e. The lowest BCUT2D eigenvalue weighted by Gasteiger charge is -2.34. The molecule has 0 saturated heterocycles. The fourth-order valence-electron chi connectivity index (χ4n) is 5.51. The lowest BCUT2D eigenvalue weighted by molar-refractivity contribution is 0.0758.